The lowest BCUT2D eigenvalue weighted by Gasteiger charge is -2.11. The van der Waals surface area contributed by atoms with Gasteiger partial charge in [0.1, 0.15) is 0 Å². The van der Waals surface area contributed by atoms with E-state index in [4.69, 9.17) is 4.74 Å². The van der Waals surface area contributed by atoms with Crippen molar-refractivity contribution in [1.29, 1.82) is 0 Å². The van der Waals surface area contributed by atoms with Crippen LogP contribution >= 0.6 is 0 Å². The van der Waals surface area contributed by atoms with E-state index in [2.05, 4.69) is 5.32 Å². The van der Waals surface area contributed by atoms with Crippen LogP contribution in [-0.4, -0.2) is 24.5 Å². The molecule has 1 N–H and O–H groups in total. The van der Waals surface area contributed by atoms with Gasteiger partial charge in [0.15, 0.2) is 6.61 Å². The highest BCUT2D eigenvalue weighted by atomic mass is 16.5. The number of aryl methyl sites for hydroxylation is 3. The number of esters is 1. The molecule has 102 valence electrons. The molecule has 0 radical (unpaired) electrons. The van der Waals surface area contributed by atoms with Crippen molar-refractivity contribution in [2.24, 2.45) is 0 Å². The minimum Gasteiger partial charge on any atom is -0.452 e. The Labute approximate surface area is 113 Å². The molecule has 4 heteroatoms. The zero-order valence-electron chi connectivity index (χ0n) is 11.6. The van der Waals surface area contributed by atoms with Gasteiger partial charge in [-0.25, -0.2) is 4.79 Å². The van der Waals surface area contributed by atoms with Crippen LogP contribution < -0.4 is 5.32 Å². The van der Waals surface area contributed by atoms with E-state index in [0.29, 0.717) is 5.56 Å². The maximum Gasteiger partial charge on any atom is 0.339 e. The Hall–Kier alpha value is -1.84. The van der Waals surface area contributed by atoms with E-state index >= 15 is 0 Å². The fourth-order valence-electron chi connectivity index (χ4n) is 2.20. The Balaban J connectivity index is 1.97. The molecule has 0 heterocycles. The lowest BCUT2D eigenvalue weighted by molar-refractivity contribution is -0.124. The van der Waals surface area contributed by atoms with Crippen LogP contribution in [0.4, 0.5) is 0 Å². The van der Waals surface area contributed by atoms with Gasteiger partial charge in [-0.15, -0.1) is 0 Å². The van der Waals surface area contributed by atoms with Gasteiger partial charge in [0, 0.05) is 6.04 Å². The summed E-state index contributed by atoms with van der Waals surface area (Å²) in [5.41, 5.74) is 3.43. The quantitative estimate of drug-likeness (QED) is 0.844. The van der Waals surface area contributed by atoms with Gasteiger partial charge in [-0.2, -0.15) is 0 Å². The molecule has 0 aliphatic heterocycles. The number of carbonyl (C=O) groups is 2. The third-order valence-electron chi connectivity index (χ3n) is 3.16. The van der Waals surface area contributed by atoms with E-state index in [1.165, 1.54) is 0 Å². The van der Waals surface area contributed by atoms with Crippen molar-refractivity contribution in [1.82, 2.24) is 5.32 Å². The summed E-state index contributed by atoms with van der Waals surface area (Å²) in [6, 6.07) is 4.16. The molecule has 1 aliphatic rings. The second-order valence-electron chi connectivity index (χ2n) is 5.19. The first kappa shape index (κ1) is 13.6. The van der Waals surface area contributed by atoms with Crippen LogP contribution in [0.25, 0.3) is 0 Å². The van der Waals surface area contributed by atoms with Crippen molar-refractivity contribution in [3.63, 3.8) is 0 Å². The van der Waals surface area contributed by atoms with Crippen LogP contribution in [0, 0.1) is 20.8 Å². The number of nitrogens with one attached hydrogen (secondary N) is 1. The summed E-state index contributed by atoms with van der Waals surface area (Å²) in [4.78, 5) is 23.5. The molecule has 1 saturated carbocycles. The molecular weight excluding hydrogens is 242 g/mol. The number of ether oxygens (including phenoxy) is 1. The smallest absolute Gasteiger partial charge is 0.339 e. The van der Waals surface area contributed by atoms with E-state index in [9.17, 15) is 9.59 Å². The molecule has 0 atom stereocenters. The zero-order valence-corrected chi connectivity index (χ0v) is 11.6. The van der Waals surface area contributed by atoms with Crippen molar-refractivity contribution in [3.8, 4) is 0 Å². The average Bonchev–Trinajstić information content (AvgIpc) is 3.08. The van der Waals surface area contributed by atoms with E-state index in [1.54, 1.807) is 0 Å². The number of carbonyl (C=O) groups excluding carboxylic acids is 2. The molecule has 4 nitrogen and oxygen atoms in total. The van der Waals surface area contributed by atoms with Gasteiger partial charge in [-0.1, -0.05) is 17.7 Å². The van der Waals surface area contributed by atoms with Crippen molar-refractivity contribution in [3.05, 3.63) is 34.4 Å². The molecule has 2 rings (SSSR count). The van der Waals surface area contributed by atoms with E-state index < -0.39 is 5.97 Å². The third-order valence-corrected chi connectivity index (χ3v) is 3.16. The molecule has 1 aromatic carbocycles. The number of hydrogen-bond donors (Lipinski definition) is 1. The molecule has 0 saturated heterocycles. The Morgan fingerprint density at radius 2 is 1.79 bits per heavy atom. The number of amides is 1. The van der Waals surface area contributed by atoms with Crippen molar-refractivity contribution < 1.29 is 14.3 Å². The van der Waals surface area contributed by atoms with Gasteiger partial charge in [-0.3, -0.25) is 4.79 Å². The monoisotopic (exact) mass is 261 g/mol. The third kappa shape index (κ3) is 3.56. The fraction of sp³-hybridized carbons (Fsp3) is 0.467. The van der Waals surface area contributed by atoms with E-state index in [1.807, 2.05) is 32.9 Å². The average molecular weight is 261 g/mol. The van der Waals surface area contributed by atoms with Crippen LogP contribution in [0.1, 0.15) is 39.9 Å². The molecule has 0 unspecified atom stereocenters. The summed E-state index contributed by atoms with van der Waals surface area (Å²) < 4.78 is 5.07. The fourth-order valence-corrected chi connectivity index (χ4v) is 2.20. The van der Waals surface area contributed by atoms with Crippen LogP contribution in [0.5, 0.6) is 0 Å². The zero-order chi connectivity index (χ0) is 14.0. The Morgan fingerprint density at radius 1 is 1.21 bits per heavy atom. The minimum absolute atomic E-state index is 0.206. The van der Waals surface area contributed by atoms with Crippen LogP contribution in [0.15, 0.2) is 12.1 Å². The SMILES string of the molecule is Cc1cc(C)c(C(=O)OCC(=O)NC2CC2)c(C)c1. The van der Waals surface area contributed by atoms with Gasteiger partial charge in [0.05, 0.1) is 5.56 Å². The topological polar surface area (TPSA) is 55.4 Å². The van der Waals surface area contributed by atoms with Crippen LogP contribution in [0.2, 0.25) is 0 Å². The first-order chi connectivity index (χ1) is 8.97. The normalized spacial score (nSPS) is 14.1. The van der Waals surface area contributed by atoms with E-state index in [-0.39, 0.29) is 18.6 Å². The molecule has 19 heavy (non-hydrogen) atoms. The summed E-state index contributed by atoms with van der Waals surface area (Å²) in [5, 5.41) is 2.78. The highest BCUT2D eigenvalue weighted by Crippen LogP contribution is 2.19. The summed E-state index contributed by atoms with van der Waals surface area (Å²) >= 11 is 0. The summed E-state index contributed by atoms with van der Waals surface area (Å²) in [6.45, 7) is 5.53. The summed E-state index contributed by atoms with van der Waals surface area (Å²) in [6.07, 6.45) is 2.05. The predicted molar refractivity (Wildman–Crippen MR) is 72.1 cm³/mol. The maximum atomic E-state index is 12.0. The highest BCUT2D eigenvalue weighted by Gasteiger charge is 2.24. The maximum absolute atomic E-state index is 12.0. The summed E-state index contributed by atoms with van der Waals surface area (Å²) in [7, 11) is 0. The largest absolute Gasteiger partial charge is 0.452 e. The van der Waals surface area contributed by atoms with Crippen molar-refractivity contribution in [2.45, 2.75) is 39.7 Å². The standard InChI is InChI=1S/C15H19NO3/c1-9-6-10(2)14(11(3)7-9)15(18)19-8-13(17)16-12-4-5-12/h6-7,12H,4-5,8H2,1-3H3,(H,16,17). The van der Waals surface area contributed by atoms with Crippen molar-refractivity contribution >= 4 is 11.9 Å². The molecule has 1 fully saturated rings. The minimum atomic E-state index is -0.430. The number of hydrogen-bond acceptors (Lipinski definition) is 3. The number of benzene rings is 1. The molecule has 0 aromatic heterocycles. The second-order valence-corrected chi connectivity index (χ2v) is 5.19. The Bertz CT molecular complexity index is 495. The lowest BCUT2D eigenvalue weighted by Crippen LogP contribution is -2.30. The van der Waals surface area contributed by atoms with Crippen molar-refractivity contribution in [2.75, 3.05) is 6.61 Å². The molecular formula is C15H19NO3. The highest BCUT2D eigenvalue weighted by molar-refractivity contribution is 5.94. The first-order valence-corrected chi connectivity index (χ1v) is 6.51. The predicted octanol–water partition coefficient (Wildman–Crippen LogP) is 2.05. The van der Waals surface area contributed by atoms with Crippen LogP contribution in [0.3, 0.4) is 0 Å². The summed E-state index contributed by atoms with van der Waals surface area (Å²) in [5.74, 6) is -0.654. The van der Waals surface area contributed by atoms with Gasteiger partial charge in [0.25, 0.3) is 5.91 Å². The van der Waals surface area contributed by atoms with Gasteiger partial charge in [-0.05, 0) is 44.7 Å². The molecule has 1 amide bonds. The van der Waals surface area contributed by atoms with Gasteiger partial charge in [0.2, 0.25) is 0 Å². The van der Waals surface area contributed by atoms with Gasteiger partial charge >= 0.3 is 5.97 Å². The van der Waals surface area contributed by atoms with E-state index in [0.717, 1.165) is 29.5 Å². The lowest BCUT2D eigenvalue weighted by atomic mass is 10.00. The Morgan fingerprint density at radius 3 is 2.32 bits per heavy atom. The Kier molecular flexibility index (Phi) is 3.88. The molecule has 0 spiro atoms. The van der Waals surface area contributed by atoms with Crippen LogP contribution in [-0.2, 0) is 9.53 Å². The van der Waals surface area contributed by atoms with Gasteiger partial charge < -0.3 is 10.1 Å². The second kappa shape index (κ2) is 5.43. The molecule has 1 aromatic rings. The molecule has 0 bridgehead atoms. The first-order valence-electron chi connectivity index (χ1n) is 6.51. The number of rotatable bonds is 4. The molecule has 1 aliphatic carbocycles.